The van der Waals surface area contributed by atoms with Gasteiger partial charge in [-0.3, -0.25) is 0 Å². The van der Waals surface area contributed by atoms with Crippen LogP contribution in [0, 0.1) is 13.8 Å². The van der Waals surface area contributed by atoms with Crippen molar-refractivity contribution in [2.75, 3.05) is 0 Å². The molecule has 5 rings (SSSR count). The zero-order chi connectivity index (χ0) is 21.9. The lowest BCUT2D eigenvalue weighted by Crippen LogP contribution is -1.95. The van der Waals surface area contributed by atoms with Gasteiger partial charge in [-0.15, -0.1) is 11.3 Å². The Morgan fingerprint density at radius 2 is 1.70 bits per heavy atom. The molecule has 3 heteroatoms. The van der Waals surface area contributed by atoms with Crippen molar-refractivity contribution in [3.05, 3.63) is 84.1 Å². The summed E-state index contributed by atoms with van der Waals surface area (Å²) >= 11 is 1.74. The monoisotopic (exact) mass is 370 g/mol. The molecule has 0 saturated heterocycles. The van der Waals surface area contributed by atoms with Gasteiger partial charge in [0.05, 0.1) is 16.9 Å². The third-order valence-electron chi connectivity index (χ3n) is 4.52. The molecule has 0 saturated carbocycles. The summed E-state index contributed by atoms with van der Waals surface area (Å²) in [5, 5.41) is 2.30. The van der Waals surface area contributed by atoms with Crippen LogP contribution in [0.3, 0.4) is 0 Å². The van der Waals surface area contributed by atoms with Crippen LogP contribution in [0.2, 0.25) is 0 Å². The summed E-state index contributed by atoms with van der Waals surface area (Å²) in [6.45, 7) is 3.43. The minimum atomic E-state index is -0.188. The SMILES string of the molecule is [2H]c1c([2H])c(C)c([2H])c(-c2cc(-c3cccc4sc5ccccc5c34)nc(C)n2)c1[2H]. The van der Waals surface area contributed by atoms with E-state index >= 15 is 0 Å². The summed E-state index contributed by atoms with van der Waals surface area (Å²) in [5.74, 6) is 0.530. The molecular formula is C24H18N2S. The average Bonchev–Trinajstić information content (AvgIpc) is 3.15. The second kappa shape index (κ2) is 6.29. The summed E-state index contributed by atoms with van der Waals surface area (Å²) in [5.41, 5.74) is 2.77. The molecular weight excluding hydrogens is 348 g/mol. The smallest absolute Gasteiger partial charge is 0.126 e. The Bertz CT molecular complexity index is 1480. The van der Waals surface area contributed by atoms with Gasteiger partial charge in [0.15, 0.2) is 0 Å². The fourth-order valence-electron chi connectivity index (χ4n) is 3.39. The zero-order valence-corrected chi connectivity index (χ0v) is 15.7. The van der Waals surface area contributed by atoms with Gasteiger partial charge in [-0.05, 0) is 38.1 Å². The lowest BCUT2D eigenvalue weighted by atomic mass is 10.0. The van der Waals surface area contributed by atoms with Crippen LogP contribution >= 0.6 is 11.3 Å². The molecule has 2 aromatic heterocycles. The topological polar surface area (TPSA) is 25.8 Å². The molecule has 0 N–H and O–H groups in total. The number of aryl methyl sites for hydroxylation is 1. The number of benzene rings is 3. The first-order valence-electron chi connectivity index (χ1n) is 10.7. The highest BCUT2D eigenvalue weighted by Crippen LogP contribution is 2.39. The molecule has 0 aliphatic rings. The van der Waals surface area contributed by atoms with Crippen molar-refractivity contribution in [2.24, 2.45) is 0 Å². The Morgan fingerprint density at radius 3 is 2.63 bits per heavy atom. The number of hydrogen-bond acceptors (Lipinski definition) is 3. The highest BCUT2D eigenvalue weighted by atomic mass is 32.1. The summed E-state index contributed by atoms with van der Waals surface area (Å²) in [4.78, 5) is 9.18. The third kappa shape index (κ3) is 2.81. The largest absolute Gasteiger partial charge is 0.233 e. The van der Waals surface area contributed by atoms with Crippen molar-refractivity contribution >= 4 is 31.5 Å². The predicted molar refractivity (Wildman–Crippen MR) is 115 cm³/mol. The van der Waals surface area contributed by atoms with Gasteiger partial charge in [0.25, 0.3) is 0 Å². The first-order chi connectivity index (χ1) is 14.9. The second-order valence-electron chi connectivity index (χ2n) is 6.46. The van der Waals surface area contributed by atoms with Crippen LogP contribution in [0.25, 0.3) is 42.7 Å². The first kappa shape index (κ1) is 12.4. The molecule has 3 aromatic carbocycles. The van der Waals surface area contributed by atoms with E-state index in [1.54, 1.807) is 31.3 Å². The van der Waals surface area contributed by atoms with E-state index in [-0.39, 0.29) is 29.7 Å². The van der Waals surface area contributed by atoms with Gasteiger partial charge >= 0.3 is 0 Å². The van der Waals surface area contributed by atoms with E-state index in [4.69, 9.17) is 5.48 Å². The summed E-state index contributed by atoms with van der Waals surface area (Å²) < 4.78 is 35.4. The number of thiophene rings is 1. The Labute approximate surface area is 167 Å². The van der Waals surface area contributed by atoms with Gasteiger partial charge in [-0.25, -0.2) is 9.97 Å². The molecule has 0 amide bonds. The van der Waals surface area contributed by atoms with Crippen LogP contribution < -0.4 is 0 Å². The Balaban J connectivity index is 1.81. The van der Waals surface area contributed by atoms with Gasteiger partial charge in [-0.1, -0.05) is 54.0 Å². The summed E-state index contributed by atoms with van der Waals surface area (Å²) in [7, 11) is 0. The van der Waals surface area contributed by atoms with E-state index < -0.39 is 0 Å². The molecule has 0 aliphatic carbocycles. The van der Waals surface area contributed by atoms with E-state index in [0.717, 1.165) is 16.6 Å². The average molecular weight is 371 g/mol. The molecule has 0 fully saturated rings. The van der Waals surface area contributed by atoms with Gasteiger partial charge in [0.2, 0.25) is 0 Å². The molecule has 0 atom stereocenters. The van der Waals surface area contributed by atoms with Gasteiger partial charge < -0.3 is 0 Å². The van der Waals surface area contributed by atoms with Crippen molar-refractivity contribution in [1.29, 1.82) is 0 Å². The van der Waals surface area contributed by atoms with E-state index in [2.05, 4.69) is 28.2 Å². The number of fused-ring (bicyclic) bond motifs is 3. The highest BCUT2D eigenvalue weighted by Gasteiger charge is 2.13. The van der Waals surface area contributed by atoms with E-state index in [9.17, 15) is 0 Å². The van der Waals surface area contributed by atoms with Crippen molar-refractivity contribution in [3.8, 4) is 22.5 Å². The van der Waals surface area contributed by atoms with Crippen LogP contribution in [-0.2, 0) is 0 Å². The number of aromatic nitrogens is 2. The van der Waals surface area contributed by atoms with Gasteiger partial charge in [0.1, 0.15) is 5.82 Å². The van der Waals surface area contributed by atoms with Crippen LogP contribution in [0.5, 0.6) is 0 Å². The fourth-order valence-corrected chi connectivity index (χ4v) is 4.52. The van der Waals surface area contributed by atoms with Crippen molar-refractivity contribution in [1.82, 2.24) is 9.97 Å². The Hall–Kier alpha value is -3.04. The van der Waals surface area contributed by atoms with E-state index in [1.165, 1.54) is 14.8 Å². The quantitative estimate of drug-likeness (QED) is 0.342. The van der Waals surface area contributed by atoms with Crippen molar-refractivity contribution in [2.45, 2.75) is 13.8 Å². The maximum atomic E-state index is 8.49. The normalized spacial score (nSPS) is 13.4. The predicted octanol–water partition coefficient (Wildman–Crippen LogP) is 6.80. The molecule has 0 aliphatic heterocycles. The summed E-state index contributed by atoms with van der Waals surface area (Å²) in [6.07, 6.45) is 0. The maximum absolute atomic E-state index is 8.49. The second-order valence-corrected chi connectivity index (χ2v) is 7.55. The molecule has 5 aromatic rings. The molecule has 0 unspecified atom stereocenters. The van der Waals surface area contributed by atoms with E-state index in [0.29, 0.717) is 17.1 Å². The Kier molecular flexibility index (Phi) is 2.88. The molecule has 27 heavy (non-hydrogen) atoms. The standard InChI is InChI=1S/C24H18N2S/c1-15-7-5-8-17(13-15)20-14-21(26-16(2)25-20)18-10-6-12-23-24(18)19-9-3-4-11-22(19)27-23/h3-14H,1-2H3/i5D,7D,8D,13D. The van der Waals surface area contributed by atoms with Crippen molar-refractivity contribution < 1.29 is 5.48 Å². The molecule has 130 valence electrons. The van der Waals surface area contributed by atoms with Crippen LogP contribution in [-0.4, -0.2) is 9.97 Å². The van der Waals surface area contributed by atoms with Crippen LogP contribution in [0.1, 0.15) is 16.9 Å². The maximum Gasteiger partial charge on any atom is 0.126 e. The minimum absolute atomic E-state index is 0.0641. The third-order valence-corrected chi connectivity index (χ3v) is 5.66. The molecule has 2 heterocycles. The summed E-state index contributed by atoms with van der Waals surface area (Å²) in [6, 6.07) is 15.9. The Morgan fingerprint density at radius 1 is 0.889 bits per heavy atom. The zero-order valence-electron chi connectivity index (χ0n) is 18.9. The molecule has 0 radical (unpaired) electrons. The molecule has 0 bridgehead atoms. The van der Waals surface area contributed by atoms with Gasteiger partial charge in [-0.2, -0.15) is 0 Å². The lowest BCUT2D eigenvalue weighted by molar-refractivity contribution is 1.06. The van der Waals surface area contributed by atoms with E-state index in [1.807, 2.05) is 24.3 Å². The van der Waals surface area contributed by atoms with Crippen LogP contribution in [0.4, 0.5) is 0 Å². The fraction of sp³-hybridized carbons (Fsp3) is 0.0833. The molecule has 2 nitrogen and oxygen atoms in total. The number of hydrogen-bond donors (Lipinski definition) is 0. The number of rotatable bonds is 2. The highest BCUT2D eigenvalue weighted by molar-refractivity contribution is 7.25. The van der Waals surface area contributed by atoms with Crippen LogP contribution in [0.15, 0.2) is 72.7 Å². The van der Waals surface area contributed by atoms with Gasteiger partial charge in [0, 0.05) is 31.3 Å². The first-order valence-corrected chi connectivity index (χ1v) is 9.52. The minimum Gasteiger partial charge on any atom is -0.233 e. The molecule has 0 spiro atoms. The lowest BCUT2D eigenvalue weighted by Gasteiger charge is -2.09. The van der Waals surface area contributed by atoms with Crippen molar-refractivity contribution in [3.63, 3.8) is 0 Å². The number of nitrogens with zero attached hydrogens (tertiary/aromatic N) is 2.